The quantitative estimate of drug-likeness (QED) is 0.858. The van der Waals surface area contributed by atoms with E-state index in [1.54, 1.807) is 0 Å². The molecular weight excluding hydrogens is 243 g/mol. The predicted molar refractivity (Wildman–Crippen MR) is 74.2 cm³/mol. The van der Waals surface area contributed by atoms with Gasteiger partial charge in [0.2, 0.25) is 0 Å². The lowest BCUT2D eigenvalue weighted by Crippen LogP contribution is -1.91. The topological polar surface area (TPSA) is 29.5 Å². The molecule has 0 fully saturated rings. The molecule has 0 aromatic heterocycles. The number of rotatable bonds is 2. The molecule has 3 heteroatoms. The minimum Gasteiger partial charge on any atom is -0.507 e. The first-order valence-corrected chi connectivity index (χ1v) is 6.14. The Hall–Kier alpha value is -2.03. The Morgan fingerprint density at radius 1 is 0.789 bits per heavy atom. The van der Waals surface area contributed by atoms with E-state index in [1.165, 1.54) is 0 Å². The molecule has 0 aliphatic heterocycles. The average Bonchev–Trinajstić information content (AvgIpc) is 2.35. The van der Waals surface area contributed by atoms with Crippen molar-refractivity contribution in [3.05, 3.63) is 46.5 Å². The van der Waals surface area contributed by atoms with Gasteiger partial charge in [-0.1, -0.05) is 0 Å². The van der Waals surface area contributed by atoms with E-state index in [4.69, 9.17) is 0 Å². The Morgan fingerprint density at radius 3 is 1.53 bits per heavy atom. The third-order valence-electron chi connectivity index (χ3n) is 3.36. The summed E-state index contributed by atoms with van der Waals surface area (Å²) in [5, 5.41) is 9.80. The standard InChI is InChI=1S/C16H17FO2/c1-9-5-13(6-10(2)15(9)18)14-7-11(3)16(19-17)12(4)8-14/h5-8,18H,1-4H3. The van der Waals surface area contributed by atoms with Gasteiger partial charge in [0.1, 0.15) is 5.75 Å². The first-order chi connectivity index (χ1) is 8.93. The monoisotopic (exact) mass is 260 g/mol. The van der Waals surface area contributed by atoms with Crippen molar-refractivity contribution in [2.75, 3.05) is 0 Å². The summed E-state index contributed by atoms with van der Waals surface area (Å²) in [6.45, 7) is 7.35. The molecule has 100 valence electrons. The Labute approximate surface area is 112 Å². The lowest BCUT2D eigenvalue weighted by atomic mass is 9.96. The third-order valence-corrected chi connectivity index (χ3v) is 3.36. The maximum atomic E-state index is 12.4. The first-order valence-electron chi connectivity index (χ1n) is 6.14. The molecule has 0 atom stereocenters. The molecule has 0 aliphatic rings. The van der Waals surface area contributed by atoms with Gasteiger partial charge in [0, 0.05) is 4.53 Å². The van der Waals surface area contributed by atoms with E-state index >= 15 is 0 Å². The molecule has 0 saturated carbocycles. The van der Waals surface area contributed by atoms with E-state index < -0.39 is 0 Å². The Kier molecular flexibility index (Phi) is 3.47. The number of hydrogen-bond acceptors (Lipinski definition) is 2. The van der Waals surface area contributed by atoms with Crippen LogP contribution in [0.4, 0.5) is 4.53 Å². The summed E-state index contributed by atoms with van der Waals surface area (Å²) in [7, 11) is 0. The predicted octanol–water partition coefficient (Wildman–Crippen LogP) is 4.56. The van der Waals surface area contributed by atoms with Crippen molar-refractivity contribution < 1.29 is 14.6 Å². The highest BCUT2D eigenvalue weighted by atomic mass is 19.3. The molecule has 0 heterocycles. The van der Waals surface area contributed by atoms with Gasteiger partial charge in [-0.25, -0.2) is 0 Å². The lowest BCUT2D eigenvalue weighted by molar-refractivity contribution is -0.00779. The SMILES string of the molecule is Cc1cc(-c2cc(C)c(OF)c(C)c2)cc(C)c1O. The number of phenolic OH excluding ortho intramolecular Hbond substituents is 1. The van der Waals surface area contributed by atoms with Crippen LogP contribution in [0.5, 0.6) is 11.5 Å². The number of halogens is 1. The fourth-order valence-electron chi connectivity index (χ4n) is 2.36. The van der Waals surface area contributed by atoms with Crippen molar-refractivity contribution in [3.63, 3.8) is 0 Å². The zero-order valence-corrected chi connectivity index (χ0v) is 11.5. The second kappa shape index (κ2) is 4.92. The summed E-state index contributed by atoms with van der Waals surface area (Å²) in [6, 6.07) is 7.61. The van der Waals surface area contributed by atoms with Crippen molar-refractivity contribution in [3.8, 4) is 22.6 Å². The van der Waals surface area contributed by atoms with Crippen LogP contribution in [-0.2, 0) is 0 Å². The number of aromatic hydroxyl groups is 1. The average molecular weight is 260 g/mol. The van der Waals surface area contributed by atoms with Crippen molar-refractivity contribution in [1.29, 1.82) is 0 Å². The van der Waals surface area contributed by atoms with E-state index in [9.17, 15) is 9.63 Å². The lowest BCUT2D eigenvalue weighted by Gasteiger charge is -2.11. The normalized spacial score (nSPS) is 10.6. The maximum absolute atomic E-state index is 12.4. The van der Waals surface area contributed by atoms with Gasteiger partial charge in [-0.3, -0.25) is 4.94 Å². The molecule has 19 heavy (non-hydrogen) atoms. The van der Waals surface area contributed by atoms with Crippen LogP contribution in [0.1, 0.15) is 22.3 Å². The van der Waals surface area contributed by atoms with E-state index in [0.717, 1.165) is 33.4 Å². The molecule has 0 spiro atoms. The number of hydrogen-bond donors (Lipinski definition) is 1. The largest absolute Gasteiger partial charge is 0.507 e. The zero-order chi connectivity index (χ0) is 14.2. The van der Waals surface area contributed by atoms with Gasteiger partial charge in [-0.05, 0) is 85.3 Å². The minimum atomic E-state index is 0.274. The van der Waals surface area contributed by atoms with Crippen LogP contribution in [0.3, 0.4) is 0 Å². The van der Waals surface area contributed by atoms with E-state index in [-0.39, 0.29) is 5.75 Å². The number of phenols is 1. The molecule has 0 amide bonds. The summed E-state index contributed by atoms with van der Waals surface area (Å²) >= 11 is 0. The van der Waals surface area contributed by atoms with Crippen LogP contribution < -0.4 is 4.94 Å². The van der Waals surface area contributed by atoms with E-state index in [2.05, 4.69) is 4.94 Å². The van der Waals surface area contributed by atoms with Gasteiger partial charge in [0.15, 0.2) is 5.75 Å². The summed E-state index contributed by atoms with van der Waals surface area (Å²) in [6.07, 6.45) is 0. The molecule has 2 rings (SSSR count). The van der Waals surface area contributed by atoms with Gasteiger partial charge < -0.3 is 5.11 Å². The van der Waals surface area contributed by atoms with Gasteiger partial charge in [0.05, 0.1) is 0 Å². The number of aryl methyl sites for hydroxylation is 4. The molecule has 0 aliphatic carbocycles. The Bertz CT molecular complexity index is 587. The zero-order valence-electron chi connectivity index (χ0n) is 11.5. The molecule has 1 N–H and O–H groups in total. The Morgan fingerprint density at radius 2 is 1.16 bits per heavy atom. The molecule has 0 saturated heterocycles. The van der Waals surface area contributed by atoms with Gasteiger partial charge in [-0.2, -0.15) is 0 Å². The molecule has 2 aromatic carbocycles. The summed E-state index contributed by atoms with van der Waals surface area (Å²) in [5.41, 5.74) is 5.15. The van der Waals surface area contributed by atoms with Gasteiger partial charge in [0.25, 0.3) is 0 Å². The van der Waals surface area contributed by atoms with Gasteiger partial charge in [-0.15, -0.1) is 0 Å². The number of benzene rings is 2. The van der Waals surface area contributed by atoms with Crippen molar-refractivity contribution >= 4 is 0 Å². The highest BCUT2D eigenvalue weighted by Crippen LogP contribution is 2.33. The van der Waals surface area contributed by atoms with Crippen LogP contribution in [0.25, 0.3) is 11.1 Å². The van der Waals surface area contributed by atoms with Crippen LogP contribution in [0.15, 0.2) is 24.3 Å². The van der Waals surface area contributed by atoms with Crippen LogP contribution in [0.2, 0.25) is 0 Å². The molecule has 0 bridgehead atoms. The highest BCUT2D eigenvalue weighted by Gasteiger charge is 2.10. The van der Waals surface area contributed by atoms with E-state index in [1.807, 2.05) is 52.0 Å². The fourth-order valence-corrected chi connectivity index (χ4v) is 2.36. The molecule has 0 unspecified atom stereocenters. The molecular formula is C16H17FO2. The van der Waals surface area contributed by atoms with Crippen LogP contribution in [0, 0.1) is 27.7 Å². The van der Waals surface area contributed by atoms with E-state index in [0.29, 0.717) is 5.75 Å². The molecule has 2 nitrogen and oxygen atoms in total. The minimum absolute atomic E-state index is 0.274. The van der Waals surface area contributed by atoms with Crippen LogP contribution in [-0.4, -0.2) is 5.11 Å². The van der Waals surface area contributed by atoms with Crippen molar-refractivity contribution in [2.45, 2.75) is 27.7 Å². The molecule has 2 aromatic rings. The maximum Gasteiger partial charge on any atom is 0.177 e. The van der Waals surface area contributed by atoms with Gasteiger partial charge >= 0.3 is 0 Å². The summed E-state index contributed by atoms with van der Waals surface area (Å²) in [5.74, 6) is 0.594. The second-order valence-electron chi connectivity index (χ2n) is 4.97. The van der Waals surface area contributed by atoms with Crippen LogP contribution >= 0.6 is 0 Å². The summed E-state index contributed by atoms with van der Waals surface area (Å²) < 4.78 is 12.4. The second-order valence-corrected chi connectivity index (χ2v) is 4.97. The summed E-state index contributed by atoms with van der Waals surface area (Å²) in [4.78, 5) is 3.89. The molecule has 0 radical (unpaired) electrons. The highest BCUT2D eigenvalue weighted by molar-refractivity contribution is 5.70. The smallest absolute Gasteiger partial charge is 0.177 e. The van der Waals surface area contributed by atoms with Crippen molar-refractivity contribution in [2.24, 2.45) is 0 Å². The Balaban J connectivity index is 2.60. The van der Waals surface area contributed by atoms with Crippen molar-refractivity contribution in [1.82, 2.24) is 0 Å². The fraction of sp³-hybridized carbons (Fsp3) is 0.250. The third kappa shape index (κ3) is 2.41. The first kappa shape index (κ1) is 13.4.